The highest BCUT2D eigenvalue weighted by Crippen LogP contribution is 2.25. The maximum Gasteiger partial charge on any atom is 0.296 e. The van der Waals surface area contributed by atoms with E-state index < -0.39 is 20.2 Å². The van der Waals surface area contributed by atoms with Crippen LogP contribution in [0.15, 0.2) is 58.3 Å². The molecule has 0 amide bonds. The van der Waals surface area contributed by atoms with Gasteiger partial charge in [-0.1, -0.05) is 35.4 Å². The monoisotopic (exact) mass is 440 g/mol. The number of hydrogen-bond donors (Lipinski definition) is 0. The van der Waals surface area contributed by atoms with Gasteiger partial charge in [0.15, 0.2) is 0 Å². The minimum absolute atomic E-state index is 0.0803. The van der Waals surface area contributed by atoms with E-state index in [0.717, 1.165) is 11.1 Å². The molecule has 1 aliphatic rings. The summed E-state index contributed by atoms with van der Waals surface area (Å²) in [5.74, 6) is -0.577. The minimum atomic E-state index is -3.89. The maximum atomic E-state index is 12.3. The molecule has 0 aromatic heterocycles. The molecule has 2 atom stereocenters. The molecule has 1 saturated heterocycles. The van der Waals surface area contributed by atoms with Crippen LogP contribution in [0.25, 0.3) is 0 Å². The second-order valence-corrected chi connectivity index (χ2v) is 10.4. The van der Waals surface area contributed by atoms with Crippen molar-refractivity contribution in [3.8, 4) is 0 Å². The van der Waals surface area contributed by atoms with Gasteiger partial charge in [0.05, 0.1) is 36.2 Å². The van der Waals surface area contributed by atoms with Gasteiger partial charge in [-0.15, -0.1) is 0 Å². The van der Waals surface area contributed by atoms with Crippen LogP contribution in [-0.2, 0) is 33.3 Å². The van der Waals surface area contributed by atoms with Gasteiger partial charge in [0.1, 0.15) is 0 Å². The third-order valence-electron chi connectivity index (χ3n) is 4.82. The summed E-state index contributed by atoms with van der Waals surface area (Å²) in [5.41, 5.74) is 1.89. The van der Waals surface area contributed by atoms with Crippen molar-refractivity contribution in [2.24, 2.45) is 11.8 Å². The number of aryl methyl sites for hydroxylation is 2. The van der Waals surface area contributed by atoms with E-state index in [1.165, 1.54) is 24.3 Å². The van der Waals surface area contributed by atoms with Crippen LogP contribution in [-0.4, -0.2) is 43.3 Å². The van der Waals surface area contributed by atoms with Crippen LogP contribution in [0, 0.1) is 25.7 Å². The van der Waals surface area contributed by atoms with E-state index in [9.17, 15) is 16.8 Å². The number of benzene rings is 2. The van der Waals surface area contributed by atoms with Crippen LogP contribution in [0.4, 0.5) is 0 Å². The molecular formula is C20H24O7S2. The molecule has 158 valence electrons. The van der Waals surface area contributed by atoms with Gasteiger partial charge in [0, 0.05) is 11.8 Å². The Morgan fingerprint density at radius 1 is 0.724 bits per heavy atom. The molecule has 0 bridgehead atoms. The van der Waals surface area contributed by atoms with Crippen molar-refractivity contribution >= 4 is 20.2 Å². The Kier molecular flexibility index (Phi) is 6.75. The van der Waals surface area contributed by atoms with Gasteiger partial charge in [-0.05, 0) is 38.1 Å². The number of ether oxygens (including phenoxy) is 1. The molecule has 0 radical (unpaired) electrons. The van der Waals surface area contributed by atoms with Crippen LogP contribution in [0.5, 0.6) is 0 Å². The summed E-state index contributed by atoms with van der Waals surface area (Å²) >= 11 is 0. The molecule has 0 aliphatic carbocycles. The van der Waals surface area contributed by atoms with Gasteiger partial charge in [-0.2, -0.15) is 16.8 Å². The summed E-state index contributed by atoms with van der Waals surface area (Å²) in [6.45, 7) is 4.08. The number of rotatable bonds is 8. The van der Waals surface area contributed by atoms with Crippen LogP contribution in [0.3, 0.4) is 0 Å². The summed E-state index contributed by atoms with van der Waals surface area (Å²) in [6, 6.07) is 12.7. The highest BCUT2D eigenvalue weighted by Gasteiger charge is 2.32. The predicted octanol–water partition coefficient (Wildman–Crippen LogP) is 2.68. The van der Waals surface area contributed by atoms with Crippen molar-refractivity contribution in [1.82, 2.24) is 0 Å². The molecule has 2 aromatic rings. The van der Waals surface area contributed by atoms with E-state index in [0.29, 0.717) is 0 Å². The topological polar surface area (TPSA) is 96.0 Å². The smallest absolute Gasteiger partial charge is 0.296 e. The first-order valence-electron chi connectivity index (χ1n) is 9.17. The van der Waals surface area contributed by atoms with Crippen molar-refractivity contribution in [3.63, 3.8) is 0 Å². The van der Waals surface area contributed by atoms with E-state index in [1.54, 1.807) is 24.3 Å². The van der Waals surface area contributed by atoms with Crippen LogP contribution in [0.1, 0.15) is 11.1 Å². The Hall–Kier alpha value is -1.78. The fourth-order valence-electron chi connectivity index (χ4n) is 2.91. The second kappa shape index (κ2) is 8.93. The van der Waals surface area contributed by atoms with Gasteiger partial charge in [0.25, 0.3) is 20.2 Å². The van der Waals surface area contributed by atoms with Gasteiger partial charge >= 0.3 is 0 Å². The lowest BCUT2D eigenvalue weighted by Gasteiger charge is -2.17. The fourth-order valence-corrected chi connectivity index (χ4v) is 4.83. The summed E-state index contributed by atoms with van der Waals surface area (Å²) in [4.78, 5) is 0.161. The Labute approximate surface area is 171 Å². The molecule has 9 heteroatoms. The van der Waals surface area contributed by atoms with Gasteiger partial charge in [-0.3, -0.25) is 8.37 Å². The van der Waals surface area contributed by atoms with Crippen molar-refractivity contribution in [2.75, 3.05) is 26.4 Å². The first-order chi connectivity index (χ1) is 13.7. The Bertz CT molecular complexity index is 942. The van der Waals surface area contributed by atoms with Crippen molar-refractivity contribution in [2.45, 2.75) is 23.6 Å². The molecule has 0 N–H and O–H groups in total. The molecule has 29 heavy (non-hydrogen) atoms. The summed E-state index contributed by atoms with van der Waals surface area (Å²) in [6.07, 6.45) is 0. The largest absolute Gasteiger partial charge is 0.381 e. The first kappa shape index (κ1) is 21.9. The van der Waals surface area contributed by atoms with E-state index in [-0.39, 0.29) is 48.1 Å². The zero-order valence-corrected chi connectivity index (χ0v) is 17.9. The molecule has 0 saturated carbocycles. The lowest BCUT2D eigenvalue weighted by Crippen LogP contribution is -2.25. The maximum absolute atomic E-state index is 12.3. The number of hydrogen-bond acceptors (Lipinski definition) is 7. The van der Waals surface area contributed by atoms with Crippen molar-refractivity contribution in [1.29, 1.82) is 0 Å². The molecule has 0 spiro atoms. The first-order valence-corrected chi connectivity index (χ1v) is 12.0. The SMILES string of the molecule is Cc1ccc(S(=O)(=O)OCC2COCC2COS(=O)(=O)c2ccc(C)cc2)cc1. The Morgan fingerprint density at radius 2 is 1.07 bits per heavy atom. The highest BCUT2D eigenvalue weighted by atomic mass is 32.2. The Morgan fingerprint density at radius 3 is 1.41 bits per heavy atom. The molecular weight excluding hydrogens is 416 g/mol. The minimum Gasteiger partial charge on any atom is -0.381 e. The van der Waals surface area contributed by atoms with Crippen molar-refractivity contribution < 1.29 is 29.9 Å². The van der Waals surface area contributed by atoms with Gasteiger partial charge < -0.3 is 4.74 Å². The quantitative estimate of drug-likeness (QED) is 0.582. The zero-order chi connectivity index (χ0) is 21.1. The average molecular weight is 441 g/mol. The lowest BCUT2D eigenvalue weighted by atomic mass is 9.98. The highest BCUT2D eigenvalue weighted by molar-refractivity contribution is 7.87. The summed E-state index contributed by atoms with van der Waals surface area (Å²) in [5, 5.41) is 0. The van der Waals surface area contributed by atoms with E-state index >= 15 is 0 Å². The fraction of sp³-hybridized carbons (Fsp3) is 0.400. The van der Waals surface area contributed by atoms with Gasteiger partial charge in [0.2, 0.25) is 0 Å². The lowest BCUT2D eigenvalue weighted by molar-refractivity contribution is 0.167. The molecule has 1 heterocycles. The summed E-state index contributed by atoms with van der Waals surface area (Å²) in [7, 11) is -7.79. The molecule has 1 fully saturated rings. The van der Waals surface area contributed by atoms with Crippen LogP contribution >= 0.6 is 0 Å². The van der Waals surface area contributed by atoms with E-state index in [2.05, 4.69) is 0 Å². The molecule has 2 unspecified atom stereocenters. The summed E-state index contributed by atoms with van der Waals surface area (Å²) < 4.78 is 65.2. The molecule has 3 rings (SSSR count). The molecule has 7 nitrogen and oxygen atoms in total. The third kappa shape index (κ3) is 5.64. The molecule has 1 aliphatic heterocycles. The van der Waals surface area contributed by atoms with E-state index in [4.69, 9.17) is 13.1 Å². The van der Waals surface area contributed by atoms with E-state index in [1.807, 2.05) is 13.8 Å². The van der Waals surface area contributed by atoms with Crippen molar-refractivity contribution in [3.05, 3.63) is 59.7 Å². The standard InChI is InChI=1S/C20H24O7S2/c1-15-3-7-19(8-4-15)28(21,22)26-13-17-11-25-12-18(17)14-27-29(23,24)20-9-5-16(2)6-10-20/h3-10,17-18H,11-14H2,1-2H3. The Balaban J connectivity index is 1.58. The average Bonchev–Trinajstić information content (AvgIpc) is 3.13. The van der Waals surface area contributed by atoms with Crippen LogP contribution < -0.4 is 0 Å². The zero-order valence-electron chi connectivity index (χ0n) is 16.3. The predicted molar refractivity (Wildman–Crippen MR) is 106 cm³/mol. The molecule has 2 aromatic carbocycles. The van der Waals surface area contributed by atoms with Gasteiger partial charge in [-0.25, -0.2) is 0 Å². The third-order valence-corrected chi connectivity index (χ3v) is 7.42. The normalized spacial score (nSPS) is 20.1. The second-order valence-electron chi connectivity index (χ2n) is 7.16. The van der Waals surface area contributed by atoms with Crippen LogP contribution in [0.2, 0.25) is 0 Å².